The Morgan fingerprint density at radius 1 is 1.25 bits per heavy atom. The number of hydrogen-bond acceptors (Lipinski definition) is 3. The molecular formula is C16H18F4N2O2. The number of alkyl halides is 2. The molecule has 1 aromatic rings. The van der Waals surface area contributed by atoms with Gasteiger partial charge in [-0.3, -0.25) is 4.79 Å². The molecule has 2 N–H and O–H groups in total. The number of halogens is 4. The molecule has 1 aromatic carbocycles. The van der Waals surface area contributed by atoms with Gasteiger partial charge in [-0.25, -0.2) is 4.39 Å². The first kappa shape index (κ1) is 16.9. The van der Waals surface area contributed by atoms with E-state index in [0.29, 0.717) is 13.0 Å². The van der Waals surface area contributed by atoms with Gasteiger partial charge in [-0.15, -0.1) is 0 Å². The van der Waals surface area contributed by atoms with E-state index in [1.54, 1.807) is 0 Å². The lowest BCUT2D eigenvalue weighted by Gasteiger charge is -2.34. The summed E-state index contributed by atoms with van der Waals surface area (Å²) in [7, 11) is 0. The number of nitrogens with zero attached hydrogens (tertiary/aromatic N) is 1. The summed E-state index contributed by atoms with van der Waals surface area (Å²) in [4.78, 5) is 13.5. The van der Waals surface area contributed by atoms with E-state index in [2.05, 4.69) is 4.74 Å². The van der Waals surface area contributed by atoms with Crippen molar-refractivity contribution in [3.8, 4) is 5.75 Å². The van der Waals surface area contributed by atoms with Gasteiger partial charge in [0.25, 0.3) is 0 Å². The van der Waals surface area contributed by atoms with E-state index in [4.69, 9.17) is 5.73 Å². The maximum absolute atomic E-state index is 14.0. The maximum Gasteiger partial charge on any atom is 0.387 e. The first-order chi connectivity index (χ1) is 11.4. The Balaban J connectivity index is 2.05. The van der Waals surface area contributed by atoms with E-state index in [0.717, 1.165) is 37.8 Å². The van der Waals surface area contributed by atoms with Crippen LogP contribution in [0.25, 0.3) is 0 Å². The van der Waals surface area contributed by atoms with Crippen molar-refractivity contribution >= 4 is 11.6 Å². The lowest BCUT2D eigenvalue weighted by Crippen LogP contribution is -2.48. The van der Waals surface area contributed by atoms with E-state index in [1.165, 1.54) is 4.90 Å². The van der Waals surface area contributed by atoms with Crippen molar-refractivity contribution in [1.82, 2.24) is 0 Å². The number of nitrogens with two attached hydrogens (primary N) is 1. The minimum atomic E-state index is -3.31. The lowest BCUT2D eigenvalue weighted by molar-refractivity contribution is -0.121. The second-order valence-electron chi connectivity index (χ2n) is 6.41. The topological polar surface area (TPSA) is 55.6 Å². The van der Waals surface area contributed by atoms with Gasteiger partial charge in [-0.2, -0.15) is 13.2 Å². The van der Waals surface area contributed by atoms with Crippen LogP contribution >= 0.6 is 0 Å². The third kappa shape index (κ3) is 2.67. The van der Waals surface area contributed by atoms with Crippen LogP contribution in [0.1, 0.15) is 32.1 Å². The van der Waals surface area contributed by atoms with Crippen LogP contribution < -0.4 is 15.4 Å². The lowest BCUT2D eigenvalue weighted by atomic mass is 9.78. The van der Waals surface area contributed by atoms with Gasteiger partial charge < -0.3 is 15.4 Å². The van der Waals surface area contributed by atoms with Gasteiger partial charge in [0.2, 0.25) is 11.7 Å². The van der Waals surface area contributed by atoms with Crippen molar-refractivity contribution in [2.75, 3.05) is 11.4 Å². The summed E-state index contributed by atoms with van der Waals surface area (Å²) in [6, 6.07) is 1.24. The average Bonchev–Trinajstić information content (AvgIpc) is 3.12. The van der Waals surface area contributed by atoms with E-state index in [-0.39, 0.29) is 11.1 Å². The predicted octanol–water partition coefficient (Wildman–Crippen LogP) is 3.19. The summed E-state index contributed by atoms with van der Waals surface area (Å²) in [6.07, 6.45) is 4.15. The summed E-state index contributed by atoms with van der Waals surface area (Å²) in [5.41, 5.74) is 5.16. The molecule has 2 aliphatic rings. The van der Waals surface area contributed by atoms with Gasteiger partial charge in [0, 0.05) is 12.0 Å². The molecule has 3 rings (SSSR count). The SMILES string of the molecule is NC(=O)C1N(c2ccc(F)c(F)c2OC(F)F)CCC12CCCC2. The third-order valence-electron chi connectivity index (χ3n) is 5.16. The first-order valence-corrected chi connectivity index (χ1v) is 7.84. The molecular weight excluding hydrogens is 328 g/mol. The van der Waals surface area contributed by atoms with Crippen molar-refractivity contribution in [2.24, 2.45) is 11.1 Å². The fourth-order valence-electron chi connectivity index (χ4n) is 4.21. The number of primary amides is 1. The third-order valence-corrected chi connectivity index (χ3v) is 5.16. The number of ether oxygens (including phenoxy) is 1. The highest BCUT2D eigenvalue weighted by atomic mass is 19.3. The number of hydrogen-bond donors (Lipinski definition) is 1. The van der Waals surface area contributed by atoms with Crippen molar-refractivity contribution in [3.05, 3.63) is 23.8 Å². The van der Waals surface area contributed by atoms with Gasteiger partial charge in [0.15, 0.2) is 11.6 Å². The van der Waals surface area contributed by atoms with Gasteiger partial charge in [-0.1, -0.05) is 12.8 Å². The maximum atomic E-state index is 14.0. The van der Waals surface area contributed by atoms with Crippen LogP contribution in [0.2, 0.25) is 0 Å². The molecule has 1 unspecified atom stereocenters. The van der Waals surface area contributed by atoms with E-state index >= 15 is 0 Å². The van der Waals surface area contributed by atoms with Crippen LogP contribution in [0, 0.1) is 17.0 Å². The summed E-state index contributed by atoms with van der Waals surface area (Å²) in [5.74, 6) is -4.27. The molecule has 132 valence electrons. The molecule has 1 aliphatic heterocycles. The number of benzene rings is 1. The van der Waals surface area contributed by atoms with Crippen LogP contribution in [0.4, 0.5) is 23.2 Å². The van der Waals surface area contributed by atoms with E-state index in [1.807, 2.05) is 0 Å². The zero-order valence-electron chi connectivity index (χ0n) is 12.9. The Hall–Kier alpha value is -1.99. The molecule has 1 atom stereocenters. The van der Waals surface area contributed by atoms with Gasteiger partial charge >= 0.3 is 6.61 Å². The van der Waals surface area contributed by atoms with Gasteiger partial charge in [-0.05, 0) is 31.4 Å². The van der Waals surface area contributed by atoms with Crippen molar-refractivity contribution in [1.29, 1.82) is 0 Å². The number of anilines is 1. The predicted molar refractivity (Wildman–Crippen MR) is 78.8 cm³/mol. The van der Waals surface area contributed by atoms with Gasteiger partial charge in [0.05, 0.1) is 5.69 Å². The van der Waals surface area contributed by atoms with Crippen molar-refractivity contribution < 1.29 is 27.1 Å². The zero-order valence-corrected chi connectivity index (χ0v) is 12.9. The van der Waals surface area contributed by atoms with E-state index < -0.39 is 35.9 Å². The van der Waals surface area contributed by atoms with Crippen LogP contribution in [-0.4, -0.2) is 25.1 Å². The summed E-state index contributed by atoms with van der Waals surface area (Å²) in [5, 5.41) is 0. The highest BCUT2D eigenvalue weighted by Crippen LogP contribution is 2.52. The molecule has 0 bridgehead atoms. The largest absolute Gasteiger partial charge is 0.429 e. The standard InChI is InChI=1S/C16H18F4N2O2/c17-9-3-4-10(12(11(9)18)24-15(19)20)22-8-7-16(5-1-2-6-16)13(22)14(21)23/h3-4,13,15H,1-2,5-8H2,(H2,21,23). The molecule has 2 fully saturated rings. The van der Waals surface area contributed by atoms with Gasteiger partial charge in [0.1, 0.15) is 6.04 Å². The minimum Gasteiger partial charge on any atom is -0.429 e. The Labute approximate surface area is 136 Å². The normalized spacial score (nSPS) is 22.5. The van der Waals surface area contributed by atoms with Crippen LogP contribution in [-0.2, 0) is 4.79 Å². The number of rotatable bonds is 4. The summed E-state index contributed by atoms with van der Waals surface area (Å²) in [6.45, 7) is -2.96. The highest BCUT2D eigenvalue weighted by Gasteiger charge is 2.52. The summed E-state index contributed by atoms with van der Waals surface area (Å²) < 4.78 is 56.9. The molecule has 1 saturated carbocycles. The number of carbonyl (C=O) groups excluding carboxylic acids is 1. The molecule has 8 heteroatoms. The molecule has 4 nitrogen and oxygen atoms in total. The van der Waals surface area contributed by atoms with Crippen LogP contribution in [0.5, 0.6) is 5.75 Å². The molecule has 1 amide bonds. The second kappa shape index (κ2) is 6.14. The smallest absolute Gasteiger partial charge is 0.387 e. The average molecular weight is 346 g/mol. The quantitative estimate of drug-likeness (QED) is 0.852. The second-order valence-corrected chi connectivity index (χ2v) is 6.41. The first-order valence-electron chi connectivity index (χ1n) is 7.84. The Morgan fingerprint density at radius 3 is 2.50 bits per heavy atom. The molecule has 24 heavy (non-hydrogen) atoms. The zero-order chi connectivity index (χ0) is 17.5. The molecule has 1 aliphatic carbocycles. The fourth-order valence-corrected chi connectivity index (χ4v) is 4.21. The monoisotopic (exact) mass is 346 g/mol. The number of amides is 1. The Morgan fingerprint density at radius 2 is 1.92 bits per heavy atom. The minimum absolute atomic E-state index is 0.0678. The van der Waals surface area contributed by atoms with Crippen LogP contribution in [0.15, 0.2) is 12.1 Å². The Kier molecular flexibility index (Phi) is 4.31. The van der Waals surface area contributed by atoms with Crippen molar-refractivity contribution in [2.45, 2.75) is 44.8 Å². The van der Waals surface area contributed by atoms with E-state index in [9.17, 15) is 22.4 Å². The fraction of sp³-hybridized carbons (Fsp3) is 0.562. The molecule has 1 saturated heterocycles. The molecule has 0 aromatic heterocycles. The molecule has 1 heterocycles. The van der Waals surface area contributed by atoms with Crippen LogP contribution in [0.3, 0.4) is 0 Å². The summed E-state index contributed by atoms with van der Waals surface area (Å²) >= 11 is 0. The Bertz CT molecular complexity index is 647. The molecule has 0 radical (unpaired) electrons. The highest BCUT2D eigenvalue weighted by molar-refractivity contribution is 5.86. The van der Waals surface area contributed by atoms with Crippen molar-refractivity contribution in [3.63, 3.8) is 0 Å². The molecule has 1 spiro atoms. The number of carbonyl (C=O) groups is 1.